The van der Waals surface area contributed by atoms with Crippen LogP contribution in [-0.2, 0) is 21.4 Å². The molecule has 1 fully saturated rings. The molecule has 2 rings (SSSR count). The molecule has 7 heteroatoms. The van der Waals surface area contributed by atoms with Crippen molar-refractivity contribution < 1.29 is 22.7 Å². The first-order chi connectivity index (χ1) is 8.55. The summed E-state index contributed by atoms with van der Waals surface area (Å²) in [5, 5.41) is 8.68. The lowest BCUT2D eigenvalue weighted by molar-refractivity contribution is 0.107. The molecule has 18 heavy (non-hydrogen) atoms. The molecule has 1 aromatic rings. The van der Waals surface area contributed by atoms with Crippen molar-refractivity contribution in [2.45, 2.75) is 43.1 Å². The first-order valence-electron chi connectivity index (χ1n) is 5.80. The second kappa shape index (κ2) is 5.40. The van der Waals surface area contributed by atoms with Gasteiger partial charge in [0.15, 0.2) is 0 Å². The number of aliphatic hydroxyl groups excluding tert-OH is 1. The highest BCUT2D eigenvalue weighted by Crippen LogP contribution is 2.23. The quantitative estimate of drug-likeness (QED) is 0.822. The van der Waals surface area contributed by atoms with Crippen molar-refractivity contribution >= 4 is 10.0 Å². The Morgan fingerprint density at radius 3 is 2.83 bits per heavy atom. The zero-order chi connectivity index (χ0) is 13.2. The number of sulfonamides is 1. The van der Waals surface area contributed by atoms with Gasteiger partial charge in [-0.3, -0.25) is 0 Å². The van der Waals surface area contributed by atoms with Crippen molar-refractivity contribution in [2.24, 2.45) is 0 Å². The van der Waals surface area contributed by atoms with Crippen molar-refractivity contribution in [3.8, 4) is 0 Å². The van der Waals surface area contributed by atoms with Gasteiger partial charge in [0.25, 0.3) is 10.0 Å². The number of aliphatic hydroxyl groups is 1. The van der Waals surface area contributed by atoms with Crippen LogP contribution >= 0.6 is 0 Å². The third-order valence-corrected chi connectivity index (χ3v) is 4.49. The zero-order valence-electron chi connectivity index (χ0n) is 10.1. The molecule has 2 N–H and O–H groups in total. The number of hydrogen-bond donors (Lipinski definition) is 2. The molecular weight excluding hydrogens is 258 g/mol. The van der Waals surface area contributed by atoms with Crippen LogP contribution in [0, 0.1) is 0 Å². The Bertz CT molecular complexity index is 495. The summed E-state index contributed by atoms with van der Waals surface area (Å²) in [7, 11) is -2.02. The summed E-state index contributed by atoms with van der Waals surface area (Å²) in [4.78, 5) is 0. The summed E-state index contributed by atoms with van der Waals surface area (Å²) in [6.45, 7) is -0.315. The molecule has 1 aliphatic carbocycles. The summed E-state index contributed by atoms with van der Waals surface area (Å²) in [6, 6.07) is 2.67. The normalized spacial score (nSPS) is 24.6. The average Bonchev–Trinajstić information content (AvgIpc) is 2.96. The van der Waals surface area contributed by atoms with Gasteiger partial charge in [-0.15, -0.1) is 0 Å². The summed E-state index contributed by atoms with van der Waals surface area (Å²) < 4.78 is 36.8. The van der Waals surface area contributed by atoms with Gasteiger partial charge >= 0.3 is 0 Å². The average molecular weight is 275 g/mol. The van der Waals surface area contributed by atoms with E-state index >= 15 is 0 Å². The lowest BCUT2D eigenvalue weighted by Gasteiger charge is -2.11. The molecule has 0 amide bonds. The summed E-state index contributed by atoms with van der Waals surface area (Å²) >= 11 is 0. The fourth-order valence-electron chi connectivity index (χ4n) is 2.13. The minimum absolute atomic E-state index is 0.113. The van der Waals surface area contributed by atoms with Gasteiger partial charge < -0.3 is 14.3 Å². The van der Waals surface area contributed by atoms with Crippen molar-refractivity contribution in [1.82, 2.24) is 4.72 Å². The molecule has 0 radical (unpaired) electrons. The molecule has 6 nitrogen and oxygen atoms in total. The van der Waals surface area contributed by atoms with Crippen molar-refractivity contribution in [1.29, 1.82) is 0 Å². The van der Waals surface area contributed by atoms with Gasteiger partial charge in [0.05, 0.1) is 6.10 Å². The van der Waals surface area contributed by atoms with Gasteiger partial charge in [0.1, 0.15) is 12.4 Å². The van der Waals surface area contributed by atoms with E-state index in [0.29, 0.717) is 6.42 Å². The highest BCUT2D eigenvalue weighted by atomic mass is 32.2. The Morgan fingerprint density at radius 1 is 1.50 bits per heavy atom. The van der Waals surface area contributed by atoms with Crippen molar-refractivity contribution in [3.63, 3.8) is 0 Å². The summed E-state index contributed by atoms with van der Waals surface area (Å²) in [5.41, 5.74) is 0. The highest BCUT2D eigenvalue weighted by Gasteiger charge is 2.29. The molecule has 2 atom stereocenters. The van der Waals surface area contributed by atoms with E-state index in [4.69, 9.17) is 14.3 Å². The molecule has 1 saturated carbocycles. The largest absolute Gasteiger partial charge is 0.446 e. The second-order valence-electron chi connectivity index (χ2n) is 4.37. The topological polar surface area (TPSA) is 88.8 Å². The summed E-state index contributed by atoms with van der Waals surface area (Å²) in [5.74, 6) is 0.233. The smallest absolute Gasteiger partial charge is 0.274 e. The predicted molar refractivity (Wildman–Crippen MR) is 63.4 cm³/mol. The number of ether oxygens (including phenoxy) is 1. The van der Waals surface area contributed by atoms with E-state index in [1.165, 1.54) is 12.1 Å². The minimum atomic E-state index is -3.65. The molecule has 0 saturated heterocycles. The molecule has 0 aliphatic heterocycles. The molecular formula is C11H17NO5S. The van der Waals surface area contributed by atoms with E-state index in [1.54, 1.807) is 7.11 Å². The van der Waals surface area contributed by atoms with Crippen LogP contribution in [0.5, 0.6) is 0 Å². The number of nitrogens with one attached hydrogen (secondary N) is 1. The van der Waals surface area contributed by atoms with Crippen LogP contribution in [0.2, 0.25) is 0 Å². The SMILES string of the molecule is COC1CCC(NS(=O)(=O)c2ccc(CO)o2)C1. The Balaban J connectivity index is 2.03. The van der Waals surface area contributed by atoms with Crippen molar-refractivity contribution in [2.75, 3.05) is 7.11 Å². The van der Waals surface area contributed by atoms with Crippen LogP contribution in [0.3, 0.4) is 0 Å². The van der Waals surface area contributed by atoms with Crippen LogP contribution in [0.1, 0.15) is 25.0 Å². The maximum Gasteiger partial charge on any atom is 0.274 e. The van der Waals surface area contributed by atoms with Gasteiger partial charge in [-0.05, 0) is 31.4 Å². The van der Waals surface area contributed by atoms with Crippen LogP contribution in [0.25, 0.3) is 0 Å². The number of methoxy groups -OCH3 is 1. The Morgan fingerprint density at radius 2 is 2.28 bits per heavy atom. The van der Waals surface area contributed by atoms with Crippen LogP contribution in [0.4, 0.5) is 0 Å². The maximum atomic E-state index is 12.0. The van der Waals surface area contributed by atoms with E-state index in [-0.39, 0.29) is 29.6 Å². The third kappa shape index (κ3) is 2.92. The van der Waals surface area contributed by atoms with E-state index in [2.05, 4.69) is 4.72 Å². The molecule has 0 spiro atoms. The molecule has 2 unspecified atom stereocenters. The number of furan rings is 1. The van der Waals surface area contributed by atoms with E-state index in [9.17, 15) is 8.42 Å². The third-order valence-electron chi connectivity index (χ3n) is 3.10. The van der Waals surface area contributed by atoms with Gasteiger partial charge in [-0.2, -0.15) is 0 Å². The summed E-state index contributed by atoms with van der Waals surface area (Å²) in [6.07, 6.45) is 2.39. The Labute approximate surface area is 106 Å². The number of rotatable bonds is 5. The molecule has 0 bridgehead atoms. The molecule has 1 aliphatic rings. The van der Waals surface area contributed by atoms with E-state index in [1.807, 2.05) is 0 Å². The second-order valence-corrected chi connectivity index (χ2v) is 6.01. The lowest BCUT2D eigenvalue weighted by atomic mass is 10.3. The van der Waals surface area contributed by atoms with Gasteiger partial charge in [0.2, 0.25) is 5.09 Å². The van der Waals surface area contributed by atoms with E-state index in [0.717, 1.165) is 12.8 Å². The maximum absolute atomic E-state index is 12.0. The lowest BCUT2D eigenvalue weighted by Crippen LogP contribution is -2.33. The fourth-order valence-corrected chi connectivity index (χ4v) is 3.36. The monoisotopic (exact) mass is 275 g/mol. The van der Waals surface area contributed by atoms with Gasteiger partial charge in [0, 0.05) is 13.2 Å². The van der Waals surface area contributed by atoms with Gasteiger partial charge in [-0.25, -0.2) is 13.1 Å². The first-order valence-corrected chi connectivity index (χ1v) is 7.28. The van der Waals surface area contributed by atoms with Crippen LogP contribution < -0.4 is 4.72 Å². The van der Waals surface area contributed by atoms with Gasteiger partial charge in [-0.1, -0.05) is 0 Å². The Kier molecular flexibility index (Phi) is 4.06. The standard InChI is InChI=1S/C11H17NO5S/c1-16-9-3-2-8(6-9)12-18(14,15)11-5-4-10(7-13)17-11/h4-5,8-9,12-13H,2-3,6-7H2,1H3. The molecule has 1 aromatic heterocycles. The van der Waals surface area contributed by atoms with Crippen molar-refractivity contribution in [3.05, 3.63) is 17.9 Å². The Hall–Kier alpha value is -0.890. The number of hydrogen-bond acceptors (Lipinski definition) is 5. The predicted octanol–water partition coefficient (Wildman–Crippen LogP) is 0.618. The first kappa shape index (κ1) is 13.5. The zero-order valence-corrected chi connectivity index (χ0v) is 10.9. The van der Waals surface area contributed by atoms with Crippen LogP contribution in [0.15, 0.2) is 21.6 Å². The molecule has 1 heterocycles. The highest BCUT2D eigenvalue weighted by molar-refractivity contribution is 7.89. The molecule has 102 valence electrons. The fraction of sp³-hybridized carbons (Fsp3) is 0.636. The van der Waals surface area contributed by atoms with E-state index < -0.39 is 10.0 Å². The minimum Gasteiger partial charge on any atom is -0.446 e. The van der Waals surface area contributed by atoms with Crippen LogP contribution in [-0.4, -0.2) is 32.8 Å². The molecule has 0 aromatic carbocycles.